The lowest BCUT2D eigenvalue weighted by atomic mass is 9.93. The number of amides is 2. The first-order chi connectivity index (χ1) is 9.11. The molecular formula is C14H25N3O2. The average Bonchev–Trinajstić information content (AvgIpc) is 2.86. The summed E-state index contributed by atoms with van der Waals surface area (Å²) in [6.45, 7) is 3.69. The first-order valence-electron chi connectivity index (χ1n) is 7.37. The van der Waals surface area contributed by atoms with Crippen molar-refractivity contribution >= 4 is 11.8 Å². The average molecular weight is 267 g/mol. The van der Waals surface area contributed by atoms with Gasteiger partial charge in [-0.1, -0.05) is 6.42 Å². The maximum atomic E-state index is 12.5. The van der Waals surface area contributed by atoms with Gasteiger partial charge in [0, 0.05) is 32.0 Å². The molecule has 2 atom stereocenters. The van der Waals surface area contributed by atoms with Gasteiger partial charge in [-0.25, -0.2) is 0 Å². The SMILES string of the molecule is CC(=O)NC1CCN(C(=O)C2CCCC2CN)CC1. The molecular weight excluding hydrogens is 242 g/mol. The number of nitrogens with two attached hydrogens (primary N) is 1. The first kappa shape index (κ1) is 14.3. The fourth-order valence-corrected chi connectivity index (χ4v) is 3.41. The van der Waals surface area contributed by atoms with E-state index in [-0.39, 0.29) is 23.8 Å². The van der Waals surface area contributed by atoms with Gasteiger partial charge in [0.25, 0.3) is 0 Å². The lowest BCUT2D eigenvalue weighted by Crippen LogP contribution is -2.48. The van der Waals surface area contributed by atoms with Crippen LogP contribution in [0, 0.1) is 11.8 Å². The Kier molecular flexibility index (Phi) is 4.80. The molecule has 2 aliphatic rings. The van der Waals surface area contributed by atoms with E-state index in [0.29, 0.717) is 12.5 Å². The predicted octanol–water partition coefficient (Wildman–Crippen LogP) is 0.489. The second-order valence-electron chi connectivity index (χ2n) is 5.83. The molecule has 5 heteroatoms. The molecule has 1 aliphatic carbocycles. The molecule has 2 rings (SSSR count). The van der Waals surface area contributed by atoms with E-state index in [1.165, 1.54) is 0 Å². The van der Waals surface area contributed by atoms with Crippen molar-refractivity contribution < 1.29 is 9.59 Å². The van der Waals surface area contributed by atoms with Crippen molar-refractivity contribution in [2.75, 3.05) is 19.6 Å². The largest absolute Gasteiger partial charge is 0.353 e. The Balaban J connectivity index is 1.83. The summed E-state index contributed by atoms with van der Waals surface area (Å²) in [6.07, 6.45) is 4.94. The minimum atomic E-state index is 0.0174. The molecule has 1 saturated heterocycles. The van der Waals surface area contributed by atoms with Gasteiger partial charge < -0.3 is 16.0 Å². The van der Waals surface area contributed by atoms with E-state index in [4.69, 9.17) is 5.73 Å². The molecule has 5 nitrogen and oxygen atoms in total. The topological polar surface area (TPSA) is 75.4 Å². The summed E-state index contributed by atoms with van der Waals surface area (Å²) >= 11 is 0. The van der Waals surface area contributed by atoms with Crippen molar-refractivity contribution in [3.05, 3.63) is 0 Å². The Labute approximate surface area is 114 Å². The molecule has 0 bridgehead atoms. The van der Waals surface area contributed by atoms with Crippen LogP contribution in [0.3, 0.4) is 0 Å². The standard InChI is InChI=1S/C14H25N3O2/c1-10(18)16-12-5-7-17(8-6-12)14(19)13-4-2-3-11(13)9-15/h11-13H,2-9,15H2,1H3,(H,16,18). The summed E-state index contributed by atoms with van der Waals surface area (Å²) in [5.74, 6) is 0.820. The molecule has 108 valence electrons. The smallest absolute Gasteiger partial charge is 0.226 e. The van der Waals surface area contributed by atoms with Gasteiger partial charge >= 0.3 is 0 Å². The molecule has 1 heterocycles. The summed E-state index contributed by atoms with van der Waals surface area (Å²) in [6, 6.07) is 0.232. The first-order valence-corrected chi connectivity index (χ1v) is 7.37. The number of rotatable bonds is 3. The van der Waals surface area contributed by atoms with E-state index in [1.807, 2.05) is 4.90 Å². The minimum Gasteiger partial charge on any atom is -0.353 e. The van der Waals surface area contributed by atoms with E-state index in [2.05, 4.69) is 5.32 Å². The quantitative estimate of drug-likeness (QED) is 0.781. The maximum Gasteiger partial charge on any atom is 0.226 e. The Morgan fingerprint density at radius 1 is 1.21 bits per heavy atom. The van der Waals surface area contributed by atoms with Crippen LogP contribution in [0.1, 0.15) is 39.0 Å². The van der Waals surface area contributed by atoms with Crippen LogP contribution in [0.5, 0.6) is 0 Å². The zero-order chi connectivity index (χ0) is 13.8. The molecule has 0 aromatic heterocycles. The van der Waals surface area contributed by atoms with Crippen LogP contribution in [0.4, 0.5) is 0 Å². The lowest BCUT2D eigenvalue weighted by Gasteiger charge is -2.34. The van der Waals surface area contributed by atoms with Gasteiger partial charge in [-0.2, -0.15) is 0 Å². The predicted molar refractivity (Wildman–Crippen MR) is 73.3 cm³/mol. The van der Waals surface area contributed by atoms with Crippen LogP contribution in [-0.2, 0) is 9.59 Å². The highest BCUT2D eigenvalue weighted by Crippen LogP contribution is 2.33. The van der Waals surface area contributed by atoms with Gasteiger partial charge in [0.15, 0.2) is 0 Å². The van der Waals surface area contributed by atoms with Crippen LogP contribution < -0.4 is 11.1 Å². The zero-order valence-electron chi connectivity index (χ0n) is 11.7. The Hall–Kier alpha value is -1.10. The summed E-state index contributed by atoms with van der Waals surface area (Å²) in [5, 5.41) is 2.93. The Morgan fingerprint density at radius 3 is 2.47 bits per heavy atom. The summed E-state index contributed by atoms with van der Waals surface area (Å²) in [4.78, 5) is 25.5. The Bertz CT molecular complexity index is 338. The van der Waals surface area contributed by atoms with Gasteiger partial charge in [-0.3, -0.25) is 9.59 Å². The number of nitrogens with zero attached hydrogens (tertiary/aromatic N) is 1. The molecule has 0 aromatic rings. The van der Waals surface area contributed by atoms with E-state index in [9.17, 15) is 9.59 Å². The van der Waals surface area contributed by atoms with Gasteiger partial charge in [-0.15, -0.1) is 0 Å². The van der Waals surface area contributed by atoms with Crippen LogP contribution in [0.25, 0.3) is 0 Å². The van der Waals surface area contributed by atoms with E-state index < -0.39 is 0 Å². The molecule has 1 saturated carbocycles. The van der Waals surface area contributed by atoms with E-state index in [0.717, 1.165) is 45.2 Å². The highest BCUT2D eigenvalue weighted by Gasteiger charge is 2.35. The zero-order valence-corrected chi connectivity index (χ0v) is 11.7. The maximum absolute atomic E-state index is 12.5. The fourth-order valence-electron chi connectivity index (χ4n) is 3.41. The number of nitrogens with one attached hydrogen (secondary N) is 1. The van der Waals surface area contributed by atoms with Crippen molar-refractivity contribution in [1.82, 2.24) is 10.2 Å². The molecule has 0 aromatic carbocycles. The molecule has 19 heavy (non-hydrogen) atoms. The van der Waals surface area contributed by atoms with Gasteiger partial charge in [-0.05, 0) is 38.1 Å². The van der Waals surface area contributed by atoms with Crippen LogP contribution in [-0.4, -0.2) is 42.4 Å². The number of hydrogen-bond donors (Lipinski definition) is 2. The van der Waals surface area contributed by atoms with E-state index >= 15 is 0 Å². The van der Waals surface area contributed by atoms with Crippen molar-refractivity contribution in [3.63, 3.8) is 0 Å². The fraction of sp³-hybridized carbons (Fsp3) is 0.857. The molecule has 2 amide bonds. The van der Waals surface area contributed by atoms with Crippen molar-refractivity contribution in [2.45, 2.75) is 45.1 Å². The van der Waals surface area contributed by atoms with Crippen LogP contribution in [0.15, 0.2) is 0 Å². The molecule has 0 radical (unpaired) electrons. The van der Waals surface area contributed by atoms with Crippen molar-refractivity contribution in [1.29, 1.82) is 0 Å². The van der Waals surface area contributed by atoms with Gasteiger partial charge in [0.1, 0.15) is 0 Å². The number of likely N-dealkylation sites (tertiary alicyclic amines) is 1. The second-order valence-corrected chi connectivity index (χ2v) is 5.83. The monoisotopic (exact) mass is 267 g/mol. The van der Waals surface area contributed by atoms with Gasteiger partial charge in [0.2, 0.25) is 11.8 Å². The molecule has 1 aliphatic heterocycles. The number of carbonyl (C=O) groups excluding carboxylic acids is 2. The Morgan fingerprint density at radius 2 is 1.89 bits per heavy atom. The normalized spacial score (nSPS) is 28.4. The van der Waals surface area contributed by atoms with Crippen LogP contribution >= 0.6 is 0 Å². The lowest BCUT2D eigenvalue weighted by molar-refractivity contribution is -0.137. The van der Waals surface area contributed by atoms with Crippen LogP contribution in [0.2, 0.25) is 0 Å². The number of piperidine rings is 1. The molecule has 3 N–H and O–H groups in total. The van der Waals surface area contributed by atoms with Crippen molar-refractivity contribution in [2.24, 2.45) is 17.6 Å². The highest BCUT2D eigenvalue weighted by atomic mass is 16.2. The van der Waals surface area contributed by atoms with E-state index in [1.54, 1.807) is 6.92 Å². The third kappa shape index (κ3) is 3.47. The molecule has 0 spiro atoms. The van der Waals surface area contributed by atoms with Gasteiger partial charge in [0.05, 0.1) is 0 Å². The highest BCUT2D eigenvalue weighted by molar-refractivity contribution is 5.79. The number of carbonyl (C=O) groups is 2. The summed E-state index contributed by atoms with van der Waals surface area (Å²) < 4.78 is 0. The third-order valence-corrected chi connectivity index (χ3v) is 4.49. The van der Waals surface area contributed by atoms with Crippen molar-refractivity contribution in [3.8, 4) is 0 Å². The summed E-state index contributed by atoms with van der Waals surface area (Å²) in [7, 11) is 0. The molecule has 2 fully saturated rings. The second kappa shape index (κ2) is 6.37. The molecule has 2 unspecified atom stereocenters. The minimum absolute atomic E-state index is 0.0174. The summed E-state index contributed by atoms with van der Waals surface area (Å²) in [5.41, 5.74) is 5.75. The third-order valence-electron chi connectivity index (χ3n) is 4.49. The number of hydrogen-bond acceptors (Lipinski definition) is 3.